The number of hydrogen-bond donors (Lipinski definition) is 0. The van der Waals surface area contributed by atoms with E-state index in [2.05, 4.69) is 4.98 Å². The average molecular weight is 470 g/mol. The Kier molecular flexibility index (Phi) is 3.38. The zero-order valence-electron chi connectivity index (χ0n) is 17.5. The van der Waals surface area contributed by atoms with Crippen LogP contribution in [0.5, 0.6) is 0 Å². The van der Waals surface area contributed by atoms with Gasteiger partial charge in [-0.2, -0.15) is 0 Å². The number of aromatic nitrogens is 1. The monoisotopic (exact) mass is 469 g/mol. The fraction of sp³-hybridized carbons (Fsp3) is 0.417. The van der Waals surface area contributed by atoms with Gasteiger partial charge >= 0.3 is 11.9 Å². The summed E-state index contributed by atoms with van der Waals surface area (Å²) in [6.45, 7) is 0. The van der Waals surface area contributed by atoms with Crippen molar-refractivity contribution in [3.63, 3.8) is 0 Å². The second-order valence-corrected chi connectivity index (χ2v) is 10.0. The maximum Gasteiger partial charge on any atom is 0.360 e. The van der Waals surface area contributed by atoms with E-state index in [9.17, 15) is 18.8 Å². The summed E-state index contributed by atoms with van der Waals surface area (Å²) in [7, 11) is 2.52. The number of halogens is 2. The molecule has 1 aromatic heterocycles. The number of carbonyl (C=O) groups excluding carboxylic acids is 3. The summed E-state index contributed by atoms with van der Waals surface area (Å²) in [5.41, 5.74) is -0.232. The van der Waals surface area contributed by atoms with E-state index in [4.69, 9.17) is 25.5 Å². The minimum atomic E-state index is -0.723. The number of ether oxygens (including phenoxy) is 2. The van der Waals surface area contributed by atoms with Crippen LogP contribution in [0, 0.1) is 46.7 Å². The topological polar surface area (TPSA) is 95.7 Å². The number of methoxy groups -OCH3 is 2. The molecule has 7 nitrogen and oxygen atoms in total. The highest BCUT2D eigenvalue weighted by atomic mass is 35.5. The van der Waals surface area contributed by atoms with Gasteiger partial charge in [0.15, 0.2) is 11.5 Å². The lowest BCUT2D eigenvalue weighted by atomic mass is 8.92. The van der Waals surface area contributed by atoms with E-state index in [1.54, 1.807) is 0 Å². The van der Waals surface area contributed by atoms with E-state index in [0.717, 1.165) is 6.07 Å². The molecule has 0 bridgehead atoms. The van der Waals surface area contributed by atoms with Gasteiger partial charge in [0, 0.05) is 5.41 Å². The van der Waals surface area contributed by atoms with Crippen LogP contribution in [0.3, 0.4) is 0 Å². The summed E-state index contributed by atoms with van der Waals surface area (Å²) in [5.74, 6) is -0.0577. The third kappa shape index (κ3) is 1.72. The third-order valence-electron chi connectivity index (χ3n) is 9.21. The van der Waals surface area contributed by atoms with Gasteiger partial charge in [0.2, 0.25) is 5.89 Å². The molecule has 0 aliphatic heterocycles. The summed E-state index contributed by atoms with van der Waals surface area (Å²) in [4.78, 5) is 42.4. The minimum Gasteiger partial charge on any atom is -0.465 e. The Morgan fingerprint density at radius 1 is 1.09 bits per heavy atom. The second-order valence-electron chi connectivity index (χ2n) is 9.59. The molecule has 33 heavy (non-hydrogen) atoms. The minimum absolute atomic E-state index is 0.0557. The Hall–Kier alpha value is -3.00. The summed E-state index contributed by atoms with van der Waals surface area (Å²) in [5, 5.41) is 0.114. The lowest BCUT2D eigenvalue weighted by Crippen LogP contribution is -3.12. The molecule has 168 valence electrons. The molecule has 8 rings (SSSR count). The van der Waals surface area contributed by atoms with Gasteiger partial charge in [0.1, 0.15) is 17.7 Å². The molecule has 0 spiro atoms. The predicted molar refractivity (Wildman–Crippen MR) is 109 cm³/mol. The van der Waals surface area contributed by atoms with Crippen molar-refractivity contribution in [2.75, 3.05) is 14.2 Å². The van der Waals surface area contributed by atoms with Gasteiger partial charge in [-0.25, -0.2) is 19.0 Å². The Morgan fingerprint density at radius 3 is 2.33 bits per heavy atom. The van der Waals surface area contributed by atoms with Crippen molar-refractivity contribution in [3.8, 4) is 0 Å². The first-order valence-corrected chi connectivity index (χ1v) is 11.1. The molecule has 6 aliphatic carbocycles. The number of nitrogens with zero attached hydrogens (tertiary/aromatic N) is 1. The third-order valence-corrected chi connectivity index (χ3v) is 9.53. The number of rotatable bonds is 6. The largest absolute Gasteiger partial charge is 0.465 e. The van der Waals surface area contributed by atoms with Crippen LogP contribution in [0.25, 0.3) is 6.08 Å². The maximum absolute atomic E-state index is 13.7. The van der Waals surface area contributed by atoms with Crippen LogP contribution in [0.4, 0.5) is 4.39 Å². The van der Waals surface area contributed by atoms with Crippen molar-refractivity contribution >= 4 is 35.4 Å². The lowest BCUT2D eigenvalue weighted by molar-refractivity contribution is -0.613. The van der Waals surface area contributed by atoms with Crippen molar-refractivity contribution < 1.29 is 32.7 Å². The van der Waals surface area contributed by atoms with E-state index < -0.39 is 23.2 Å². The van der Waals surface area contributed by atoms with Crippen LogP contribution >= 0.6 is 11.6 Å². The van der Waals surface area contributed by atoms with Crippen LogP contribution in [-0.2, 0) is 24.5 Å². The summed E-state index contributed by atoms with van der Waals surface area (Å²) in [6.07, 6.45) is 2.73. The van der Waals surface area contributed by atoms with Gasteiger partial charge in [-0.1, -0.05) is 17.7 Å². The molecule has 6 fully saturated rings. The molecule has 0 radical (unpaired) electrons. The summed E-state index contributed by atoms with van der Waals surface area (Å²) in [6, 6.07) is 3.80. The van der Waals surface area contributed by atoms with Crippen molar-refractivity contribution in [3.05, 3.63) is 58.0 Å². The molecule has 0 saturated heterocycles. The van der Waals surface area contributed by atoms with Crippen LogP contribution in [0.1, 0.15) is 21.9 Å². The summed E-state index contributed by atoms with van der Waals surface area (Å²) >= 11 is 6.12. The molecule has 0 unspecified atom stereocenters. The Bertz CT molecular complexity index is 1290. The molecule has 2 aromatic rings. The smallest absolute Gasteiger partial charge is 0.360 e. The second kappa shape index (κ2) is 5.73. The Balaban J connectivity index is 1.19. The van der Waals surface area contributed by atoms with E-state index in [1.165, 1.54) is 38.7 Å². The van der Waals surface area contributed by atoms with Gasteiger partial charge in [0.05, 0.1) is 24.7 Å². The molecule has 0 N–H and O–H groups in total. The van der Waals surface area contributed by atoms with E-state index in [0.29, 0.717) is 11.5 Å². The zero-order valence-corrected chi connectivity index (χ0v) is 18.3. The molecule has 6 aliphatic rings. The Labute approximate surface area is 191 Å². The van der Waals surface area contributed by atoms with Gasteiger partial charge in [-0.15, -0.1) is 0 Å². The fourth-order valence-electron chi connectivity index (χ4n) is 8.41. The normalized spacial score (nSPS) is 39.7. The first kappa shape index (κ1) is 19.5. The van der Waals surface area contributed by atoms with E-state index in [-0.39, 0.29) is 63.0 Å². The number of ketones is 1. The number of carbonyl (C=O) groups is 3. The quantitative estimate of drug-likeness (QED) is 0.277. The molecule has 6 saturated carbocycles. The van der Waals surface area contributed by atoms with E-state index in [1.807, 2.05) is 0 Å². The fourth-order valence-corrected chi connectivity index (χ4v) is 8.64. The van der Waals surface area contributed by atoms with Crippen molar-refractivity contribution in [2.45, 2.75) is 5.41 Å². The van der Waals surface area contributed by atoms with Gasteiger partial charge < -0.3 is 13.9 Å². The van der Waals surface area contributed by atoms with Crippen molar-refractivity contribution in [1.29, 1.82) is 0 Å². The number of oxazole rings is 1. The number of hydrogen-bond acceptors (Lipinski definition) is 7. The molecular weight excluding hydrogens is 453 g/mol. The van der Waals surface area contributed by atoms with Crippen LogP contribution in [-0.4, -0.2) is 36.9 Å². The molecule has 0 atom stereocenters. The average Bonchev–Trinajstić information content (AvgIpc) is 3.32. The predicted octanol–water partition coefficient (Wildman–Crippen LogP) is 3.07. The molecule has 1 heterocycles. The summed E-state index contributed by atoms with van der Waals surface area (Å²) < 4.78 is 28.7. The molecule has 9 heteroatoms. The van der Waals surface area contributed by atoms with Crippen molar-refractivity contribution in [1.82, 2.24) is 4.98 Å². The highest BCUT2D eigenvalue weighted by Gasteiger charge is 3.12. The van der Waals surface area contributed by atoms with Crippen LogP contribution < -0.4 is 0 Å². The van der Waals surface area contributed by atoms with Gasteiger partial charge in [-0.05, 0) is 59.3 Å². The standard InChI is InChI=1S/C24H17ClFNO6/c1-31-20(29)10(5-8-3-4-9(26)6-11(8)25)19(28)23-13-16-14(23)18-15(23)17(13)24(16,18)22-27-12(7-33-22)21(30)32-2/h3-7,13-18H,1-2H3/b10-5-. The number of benzene rings is 1. The SMILES string of the molecule is COC(=O)/C(=C\c1ccc(F)cc1Cl)C(=O)C12C3C4C1C1C2C3C41c1nc(C(=O)OC)co1. The van der Waals surface area contributed by atoms with Gasteiger partial charge in [-0.3, -0.25) is 4.79 Å². The lowest BCUT2D eigenvalue weighted by Gasteiger charge is -3.09. The zero-order chi connectivity index (χ0) is 23.0. The molecular formula is C24H17ClFNO6. The van der Waals surface area contributed by atoms with Crippen molar-refractivity contribution in [2.24, 2.45) is 40.9 Å². The highest BCUT2D eigenvalue weighted by Crippen LogP contribution is 3.10. The van der Waals surface area contributed by atoms with E-state index >= 15 is 0 Å². The first-order chi connectivity index (χ1) is 15.8. The van der Waals surface area contributed by atoms with Crippen LogP contribution in [0.15, 0.2) is 34.5 Å². The number of esters is 2. The highest BCUT2D eigenvalue weighted by molar-refractivity contribution is 6.33. The Morgan fingerprint density at radius 2 is 1.76 bits per heavy atom. The van der Waals surface area contributed by atoms with Crippen LogP contribution in [0.2, 0.25) is 5.02 Å². The first-order valence-electron chi connectivity index (χ1n) is 10.7. The maximum atomic E-state index is 13.7. The molecule has 1 aromatic carbocycles. The molecule has 0 amide bonds. The number of Topliss-reactive ketones (excluding diaryl/α,β-unsaturated/α-hetero) is 1. The van der Waals surface area contributed by atoms with Gasteiger partial charge in [0.25, 0.3) is 0 Å².